The van der Waals surface area contributed by atoms with Gasteiger partial charge in [0.25, 0.3) is 5.91 Å². The zero-order valence-corrected chi connectivity index (χ0v) is 9.28. The van der Waals surface area contributed by atoms with Crippen LogP contribution in [0.1, 0.15) is 16.1 Å². The molecule has 5 nitrogen and oxygen atoms in total. The highest BCUT2D eigenvalue weighted by molar-refractivity contribution is 6.99. The number of aromatic hydroxyl groups is 1. The largest absolute Gasteiger partial charge is 0.506 e. The Kier molecular flexibility index (Phi) is 2.82. The predicted molar refractivity (Wildman–Crippen MR) is 60.7 cm³/mol. The third-order valence-corrected chi connectivity index (χ3v) is 2.47. The Labute approximate surface area is 96.1 Å². The number of phenolic OH excluding ortho intramolecular Hbond substituents is 1. The van der Waals surface area contributed by atoms with Gasteiger partial charge in [-0.2, -0.15) is 8.75 Å². The van der Waals surface area contributed by atoms with Gasteiger partial charge < -0.3 is 10.4 Å². The minimum Gasteiger partial charge on any atom is -0.506 e. The van der Waals surface area contributed by atoms with E-state index in [-0.39, 0.29) is 17.4 Å². The maximum atomic E-state index is 11.6. The van der Waals surface area contributed by atoms with Crippen molar-refractivity contribution in [1.82, 2.24) is 8.75 Å². The van der Waals surface area contributed by atoms with E-state index in [0.717, 1.165) is 17.3 Å². The van der Waals surface area contributed by atoms with Gasteiger partial charge in [-0.05, 0) is 24.6 Å². The van der Waals surface area contributed by atoms with Crippen molar-refractivity contribution < 1.29 is 9.90 Å². The van der Waals surface area contributed by atoms with Crippen LogP contribution in [-0.4, -0.2) is 19.8 Å². The van der Waals surface area contributed by atoms with Crippen LogP contribution >= 0.6 is 11.7 Å². The van der Waals surface area contributed by atoms with Gasteiger partial charge in [-0.1, -0.05) is 6.07 Å². The van der Waals surface area contributed by atoms with E-state index in [4.69, 9.17) is 0 Å². The highest BCUT2D eigenvalue weighted by Crippen LogP contribution is 2.24. The second kappa shape index (κ2) is 4.28. The number of benzene rings is 1. The molecule has 1 aromatic heterocycles. The molecule has 1 heterocycles. The van der Waals surface area contributed by atoms with E-state index in [0.29, 0.717) is 5.69 Å². The number of carbonyl (C=O) groups excluding carboxylic acids is 1. The van der Waals surface area contributed by atoms with Crippen molar-refractivity contribution in [3.8, 4) is 5.75 Å². The molecule has 82 valence electrons. The Morgan fingerprint density at radius 1 is 1.50 bits per heavy atom. The monoisotopic (exact) mass is 235 g/mol. The number of hydrogen-bond acceptors (Lipinski definition) is 5. The summed E-state index contributed by atoms with van der Waals surface area (Å²) in [5, 5.41) is 12.1. The van der Waals surface area contributed by atoms with Gasteiger partial charge in [0.15, 0.2) is 5.69 Å². The SMILES string of the molecule is Cc1ccc(NC(=O)c2cnsn2)c(O)c1. The van der Waals surface area contributed by atoms with Gasteiger partial charge in [0, 0.05) is 0 Å². The Hall–Kier alpha value is -1.95. The van der Waals surface area contributed by atoms with Gasteiger partial charge in [-0.3, -0.25) is 4.79 Å². The van der Waals surface area contributed by atoms with Crippen LogP contribution in [0.25, 0.3) is 0 Å². The third kappa shape index (κ3) is 2.17. The van der Waals surface area contributed by atoms with Gasteiger partial charge in [-0.15, -0.1) is 0 Å². The summed E-state index contributed by atoms with van der Waals surface area (Å²) >= 11 is 0.962. The van der Waals surface area contributed by atoms with Crippen LogP contribution in [0, 0.1) is 6.92 Å². The molecule has 0 aliphatic heterocycles. The van der Waals surface area contributed by atoms with Gasteiger partial charge >= 0.3 is 0 Å². The van der Waals surface area contributed by atoms with E-state index < -0.39 is 0 Å². The summed E-state index contributed by atoms with van der Waals surface area (Å²) in [5.74, 6) is -0.343. The molecule has 0 aliphatic rings. The summed E-state index contributed by atoms with van der Waals surface area (Å²) < 4.78 is 7.53. The molecule has 1 aromatic carbocycles. The first kappa shape index (κ1) is 10.6. The fraction of sp³-hybridized carbons (Fsp3) is 0.100. The number of carbonyl (C=O) groups is 1. The molecule has 0 bridgehead atoms. The minimum absolute atomic E-state index is 0.0385. The standard InChI is InChI=1S/C10H9N3O2S/c1-6-2-3-7(9(14)4-6)12-10(15)8-5-11-16-13-8/h2-5,14H,1H3,(H,12,15). The lowest BCUT2D eigenvalue weighted by atomic mass is 10.2. The Morgan fingerprint density at radius 3 is 2.94 bits per heavy atom. The van der Waals surface area contributed by atoms with Crippen LogP contribution in [0.5, 0.6) is 5.75 Å². The number of nitrogens with zero attached hydrogens (tertiary/aromatic N) is 2. The van der Waals surface area contributed by atoms with Crippen LogP contribution in [0.15, 0.2) is 24.4 Å². The molecular weight excluding hydrogens is 226 g/mol. The van der Waals surface area contributed by atoms with Crippen LogP contribution in [0.2, 0.25) is 0 Å². The molecule has 0 saturated carbocycles. The topological polar surface area (TPSA) is 75.1 Å². The molecule has 2 aromatic rings. The van der Waals surface area contributed by atoms with E-state index in [9.17, 15) is 9.90 Å². The number of aryl methyl sites for hydroxylation is 1. The molecule has 0 unspecified atom stereocenters. The molecular formula is C10H9N3O2S. The normalized spacial score (nSPS) is 10.1. The molecule has 0 saturated heterocycles. The summed E-state index contributed by atoms with van der Waals surface area (Å²) in [6.45, 7) is 1.86. The second-order valence-electron chi connectivity index (χ2n) is 3.27. The van der Waals surface area contributed by atoms with Gasteiger partial charge in [0.2, 0.25) is 0 Å². The lowest BCUT2D eigenvalue weighted by molar-refractivity contribution is 0.102. The quantitative estimate of drug-likeness (QED) is 0.778. The highest BCUT2D eigenvalue weighted by atomic mass is 32.1. The van der Waals surface area contributed by atoms with E-state index in [1.165, 1.54) is 6.20 Å². The average Bonchev–Trinajstić information content (AvgIpc) is 2.75. The van der Waals surface area contributed by atoms with Crippen molar-refractivity contribution in [3.05, 3.63) is 35.7 Å². The molecule has 16 heavy (non-hydrogen) atoms. The number of hydrogen-bond donors (Lipinski definition) is 2. The van der Waals surface area contributed by atoms with Crippen LogP contribution in [0.3, 0.4) is 0 Å². The molecule has 0 atom stereocenters. The zero-order chi connectivity index (χ0) is 11.5. The minimum atomic E-state index is -0.382. The van der Waals surface area contributed by atoms with Gasteiger partial charge in [-0.25, -0.2) is 0 Å². The van der Waals surface area contributed by atoms with Crippen LogP contribution in [-0.2, 0) is 0 Å². The molecule has 0 fully saturated rings. The molecule has 1 amide bonds. The molecule has 0 aliphatic carbocycles. The first-order valence-electron chi connectivity index (χ1n) is 4.55. The summed E-state index contributed by atoms with van der Waals surface area (Å²) in [7, 11) is 0. The smallest absolute Gasteiger partial charge is 0.277 e. The number of amides is 1. The number of nitrogens with one attached hydrogen (secondary N) is 1. The van der Waals surface area contributed by atoms with Crippen molar-refractivity contribution in [2.24, 2.45) is 0 Å². The van der Waals surface area contributed by atoms with Crippen molar-refractivity contribution in [2.75, 3.05) is 5.32 Å². The first-order chi connectivity index (χ1) is 7.66. The fourth-order valence-electron chi connectivity index (χ4n) is 1.20. The first-order valence-corrected chi connectivity index (χ1v) is 5.28. The Balaban J connectivity index is 2.18. The lowest BCUT2D eigenvalue weighted by Gasteiger charge is -2.05. The fourth-order valence-corrected chi connectivity index (χ4v) is 1.61. The molecule has 0 spiro atoms. The van der Waals surface area contributed by atoms with E-state index >= 15 is 0 Å². The van der Waals surface area contributed by atoms with E-state index in [2.05, 4.69) is 14.1 Å². The summed E-state index contributed by atoms with van der Waals surface area (Å²) in [6, 6.07) is 5.02. The molecule has 0 radical (unpaired) electrons. The number of rotatable bonds is 2. The van der Waals surface area contributed by atoms with Gasteiger partial charge in [0.05, 0.1) is 23.6 Å². The predicted octanol–water partition coefficient (Wildman–Crippen LogP) is 1.80. The van der Waals surface area contributed by atoms with E-state index in [1.54, 1.807) is 18.2 Å². The zero-order valence-electron chi connectivity index (χ0n) is 8.47. The number of phenols is 1. The van der Waals surface area contributed by atoms with Crippen molar-refractivity contribution >= 4 is 23.3 Å². The van der Waals surface area contributed by atoms with Gasteiger partial charge in [0.1, 0.15) is 5.75 Å². The molecule has 6 heteroatoms. The summed E-state index contributed by atoms with van der Waals surface area (Å²) in [6.07, 6.45) is 1.38. The number of anilines is 1. The molecule has 2 N–H and O–H groups in total. The third-order valence-electron chi connectivity index (χ3n) is 2.00. The second-order valence-corrected chi connectivity index (χ2v) is 3.82. The lowest BCUT2D eigenvalue weighted by Crippen LogP contribution is -2.12. The van der Waals surface area contributed by atoms with Crippen molar-refractivity contribution in [1.29, 1.82) is 0 Å². The number of aromatic nitrogens is 2. The summed E-state index contributed by atoms with van der Waals surface area (Å²) in [5.41, 5.74) is 1.53. The highest BCUT2D eigenvalue weighted by Gasteiger charge is 2.10. The average molecular weight is 235 g/mol. The van der Waals surface area contributed by atoms with Crippen molar-refractivity contribution in [2.45, 2.75) is 6.92 Å². The van der Waals surface area contributed by atoms with Crippen LogP contribution < -0.4 is 5.32 Å². The molecule has 2 rings (SSSR count). The maximum Gasteiger partial charge on any atom is 0.277 e. The van der Waals surface area contributed by atoms with E-state index in [1.807, 2.05) is 6.92 Å². The summed E-state index contributed by atoms with van der Waals surface area (Å²) in [4.78, 5) is 11.6. The Morgan fingerprint density at radius 2 is 2.31 bits per heavy atom. The Bertz CT molecular complexity index is 511. The maximum absolute atomic E-state index is 11.6. The van der Waals surface area contributed by atoms with Crippen LogP contribution in [0.4, 0.5) is 5.69 Å². The van der Waals surface area contributed by atoms with Crippen molar-refractivity contribution in [3.63, 3.8) is 0 Å².